The summed E-state index contributed by atoms with van der Waals surface area (Å²) in [6.07, 6.45) is -4.54. The number of benzene rings is 3. The third-order valence-corrected chi connectivity index (χ3v) is 8.49. The molecule has 1 fully saturated rings. The van der Waals surface area contributed by atoms with E-state index in [0.717, 1.165) is 17.7 Å². The summed E-state index contributed by atoms with van der Waals surface area (Å²) in [5.41, 5.74) is 0.339. The summed E-state index contributed by atoms with van der Waals surface area (Å²) in [4.78, 5) is 16.9. The van der Waals surface area contributed by atoms with Crippen molar-refractivity contribution < 1.29 is 31.5 Å². The summed E-state index contributed by atoms with van der Waals surface area (Å²) in [6.45, 7) is 1.72. The van der Waals surface area contributed by atoms with Crippen LogP contribution in [-0.2, 0) is 27.4 Å². The number of nitrogens with zero attached hydrogens (tertiary/aromatic N) is 2. The average Bonchev–Trinajstić information content (AvgIpc) is 3.33. The van der Waals surface area contributed by atoms with E-state index in [-0.39, 0.29) is 34.0 Å². The van der Waals surface area contributed by atoms with E-state index < -0.39 is 27.9 Å². The molecule has 0 unspecified atom stereocenters. The predicted octanol–water partition coefficient (Wildman–Crippen LogP) is 4.97. The Labute approximate surface area is 236 Å². The van der Waals surface area contributed by atoms with Crippen LogP contribution in [0.3, 0.4) is 0 Å². The summed E-state index contributed by atoms with van der Waals surface area (Å²) >= 11 is 6.17. The van der Waals surface area contributed by atoms with E-state index in [1.54, 1.807) is 11.9 Å². The maximum absolute atomic E-state index is 13.5. The Kier molecular flexibility index (Phi) is 9.09. The lowest BCUT2D eigenvalue weighted by atomic mass is 10.0. The summed E-state index contributed by atoms with van der Waals surface area (Å²) in [5.74, 6) is -0.300. The quantitative estimate of drug-likeness (QED) is 0.365. The lowest BCUT2D eigenvalue weighted by Gasteiger charge is -2.32. The third kappa shape index (κ3) is 7.34. The first-order valence-corrected chi connectivity index (χ1v) is 14.4. The van der Waals surface area contributed by atoms with Gasteiger partial charge < -0.3 is 10.0 Å². The lowest BCUT2D eigenvalue weighted by Crippen LogP contribution is -2.39. The molecule has 3 aromatic rings. The highest BCUT2D eigenvalue weighted by molar-refractivity contribution is 7.92. The number of β-amino-alcohol motifs (C(OH)–C–C–N with tert-alkyl or cyclic N) is 1. The average molecular weight is 596 g/mol. The Bertz CT molecular complexity index is 1440. The molecule has 0 spiro atoms. The minimum atomic E-state index is -4.60. The summed E-state index contributed by atoms with van der Waals surface area (Å²) < 4.78 is 67.1. The fraction of sp³-hybridized carbons (Fsp3) is 0.321. The molecule has 2 atom stereocenters. The van der Waals surface area contributed by atoms with Gasteiger partial charge in [-0.05, 0) is 60.0 Å². The second-order valence-corrected chi connectivity index (χ2v) is 11.9. The van der Waals surface area contributed by atoms with E-state index in [1.165, 1.54) is 18.2 Å². The molecule has 0 radical (unpaired) electrons. The van der Waals surface area contributed by atoms with Gasteiger partial charge in [0.25, 0.3) is 10.0 Å². The molecule has 1 heterocycles. The maximum atomic E-state index is 13.5. The molecular weight excluding hydrogens is 567 g/mol. The van der Waals surface area contributed by atoms with Crippen molar-refractivity contribution in [2.45, 2.75) is 36.1 Å². The molecule has 4 rings (SSSR count). The van der Waals surface area contributed by atoms with Gasteiger partial charge in [0.1, 0.15) is 0 Å². The van der Waals surface area contributed by atoms with E-state index in [0.29, 0.717) is 43.8 Å². The van der Waals surface area contributed by atoms with Crippen LogP contribution in [0.5, 0.6) is 0 Å². The predicted molar refractivity (Wildman–Crippen MR) is 146 cm³/mol. The van der Waals surface area contributed by atoms with E-state index in [9.17, 15) is 31.5 Å². The number of sulfonamides is 1. The molecule has 1 aliphatic rings. The number of likely N-dealkylation sites (N-methyl/N-ethyl adjacent to an activating group) is 1. The van der Waals surface area contributed by atoms with E-state index >= 15 is 0 Å². The fourth-order valence-corrected chi connectivity index (χ4v) is 5.94. The first-order chi connectivity index (χ1) is 18.8. The van der Waals surface area contributed by atoms with Gasteiger partial charge in [0.05, 0.1) is 34.7 Å². The number of amides is 1. The van der Waals surface area contributed by atoms with Crippen molar-refractivity contribution in [3.8, 4) is 0 Å². The molecule has 0 saturated carbocycles. The van der Waals surface area contributed by atoms with Gasteiger partial charge in [0, 0.05) is 31.7 Å². The Balaban J connectivity index is 1.55. The van der Waals surface area contributed by atoms with Crippen molar-refractivity contribution in [1.82, 2.24) is 9.80 Å². The van der Waals surface area contributed by atoms with Crippen LogP contribution in [0.2, 0.25) is 5.02 Å². The van der Waals surface area contributed by atoms with Gasteiger partial charge in [0.2, 0.25) is 5.91 Å². The Morgan fingerprint density at radius 1 is 1.12 bits per heavy atom. The number of halogens is 4. The smallest absolute Gasteiger partial charge is 0.392 e. The second kappa shape index (κ2) is 12.2. The zero-order valence-electron chi connectivity index (χ0n) is 21.6. The van der Waals surface area contributed by atoms with Crippen LogP contribution in [0.4, 0.5) is 18.9 Å². The standard InChI is InChI=1S/C28H29ClF3N3O4S/c1-34(26(19-5-3-2-4-6-19)18-35-14-13-23(36)17-35)27(37)16-20-15-22(29)9-12-25(20)33-40(38,39)24-10-7-21(8-11-24)28(30,31)32/h2-12,15,23,26,33,36H,13-14,16-18H2,1H3/t23-,26+/m0/s1. The molecule has 1 saturated heterocycles. The molecule has 2 N–H and O–H groups in total. The maximum Gasteiger partial charge on any atom is 0.416 e. The Morgan fingerprint density at radius 3 is 2.40 bits per heavy atom. The van der Waals surface area contributed by atoms with Gasteiger partial charge in [0.15, 0.2) is 0 Å². The number of aliphatic hydroxyl groups is 1. The molecule has 40 heavy (non-hydrogen) atoms. The summed E-state index contributed by atoms with van der Waals surface area (Å²) in [7, 11) is -2.59. The topological polar surface area (TPSA) is 90.0 Å². The number of hydrogen-bond donors (Lipinski definition) is 2. The van der Waals surface area contributed by atoms with Crippen LogP contribution >= 0.6 is 11.6 Å². The number of rotatable bonds is 9. The SMILES string of the molecule is CN(C(=O)Cc1cc(Cl)ccc1NS(=O)(=O)c1ccc(C(F)(F)F)cc1)[C@H](CN1CC[C@H](O)C1)c1ccccc1. The van der Waals surface area contributed by atoms with E-state index in [4.69, 9.17) is 11.6 Å². The number of aliphatic hydroxyl groups excluding tert-OH is 1. The molecule has 214 valence electrons. The van der Waals surface area contributed by atoms with Gasteiger partial charge in [-0.15, -0.1) is 0 Å². The van der Waals surface area contributed by atoms with E-state index in [2.05, 4.69) is 9.62 Å². The van der Waals surface area contributed by atoms with Crippen LogP contribution in [0.15, 0.2) is 77.7 Å². The van der Waals surface area contributed by atoms with Crippen LogP contribution in [-0.4, -0.2) is 62.0 Å². The zero-order chi connectivity index (χ0) is 29.1. The summed E-state index contributed by atoms with van der Waals surface area (Å²) in [6, 6.07) is 16.6. The van der Waals surface area contributed by atoms with Gasteiger partial charge in [-0.2, -0.15) is 13.2 Å². The highest BCUT2D eigenvalue weighted by Crippen LogP contribution is 2.31. The number of nitrogens with one attached hydrogen (secondary N) is 1. The monoisotopic (exact) mass is 595 g/mol. The first-order valence-electron chi connectivity index (χ1n) is 12.5. The van der Waals surface area contributed by atoms with Gasteiger partial charge >= 0.3 is 6.18 Å². The van der Waals surface area contributed by atoms with Crippen LogP contribution in [0.25, 0.3) is 0 Å². The van der Waals surface area contributed by atoms with Crippen molar-refractivity contribution in [2.24, 2.45) is 0 Å². The molecular formula is C28H29ClF3N3O4S. The largest absolute Gasteiger partial charge is 0.416 e. The fourth-order valence-electron chi connectivity index (χ4n) is 4.65. The molecule has 7 nitrogen and oxygen atoms in total. The number of carbonyl (C=O) groups is 1. The normalized spacial score (nSPS) is 17.0. The van der Waals surface area contributed by atoms with Gasteiger partial charge in [-0.25, -0.2) is 8.42 Å². The third-order valence-electron chi connectivity index (χ3n) is 6.87. The zero-order valence-corrected chi connectivity index (χ0v) is 23.2. The van der Waals surface area contributed by atoms with Crippen molar-refractivity contribution in [2.75, 3.05) is 31.4 Å². The number of anilines is 1. The first kappa shape index (κ1) is 29.9. The van der Waals surface area contributed by atoms with Crippen molar-refractivity contribution in [3.63, 3.8) is 0 Å². The second-order valence-electron chi connectivity index (χ2n) is 9.74. The number of hydrogen-bond acceptors (Lipinski definition) is 5. The van der Waals surface area contributed by atoms with E-state index in [1.807, 2.05) is 30.3 Å². The Hall–Kier alpha value is -3.12. The molecule has 0 aliphatic carbocycles. The molecule has 3 aromatic carbocycles. The molecule has 0 bridgehead atoms. The number of alkyl halides is 3. The highest BCUT2D eigenvalue weighted by Gasteiger charge is 2.31. The molecule has 1 aliphatic heterocycles. The number of carbonyl (C=O) groups excluding carboxylic acids is 1. The number of likely N-dealkylation sites (tertiary alicyclic amines) is 1. The van der Waals surface area contributed by atoms with Crippen LogP contribution in [0, 0.1) is 0 Å². The van der Waals surface area contributed by atoms with Crippen molar-refractivity contribution in [3.05, 3.63) is 94.5 Å². The molecule has 0 aromatic heterocycles. The highest BCUT2D eigenvalue weighted by atomic mass is 35.5. The Morgan fingerprint density at radius 2 is 1.80 bits per heavy atom. The molecule has 12 heteroatoms. The van der Waals surface area contributed by atoms with Gasteiger partial charge in [-0.1, -0.05) is 41.9 Å². The minimum Gasteiger partial charge on any atom is -0.392 e. The van der Waals surface area contributed by atoms with Crippen LogP contribution < -0.4 is 4.72 Å². The molecule has 1 amide bonds. The lowest BCUT2D eigenvalue weighted by molar-refractivity contribution is -0.137. The minimum absolute atomic E-state index is 0.0879. The van der Waals surface area contributed by atoms with Crippen molar-refractivity contribution >= 4 is 33.2 Å². The van der Waals surface area contributed by atoms with Crippen LogP contribution in [0.1, 0.15) is 29.2 Å². The van der Waals surface area contributed by atoms with Crippen molar-refractivity contribution in [1.29, 1.82) is 0 Å². The summed E-state index contributed by atoms with van der Waals surface area (Å²) in [5, 5.41) is 10.3. The van der Waals surface area contributed by atoms with Gasteiger partial charge in [-0.3, -0.25) is 14.4 Å².